The van der Waals surface area contributed by atoms with Crippen LogP contribution in [0.4, 0.5) is 0 Å². The summed E-state index contributed by atoms with van der Waals surface area (Å²) in [6, 6.07) is 21.4. The van der Waals surface area contributed by atoms with Crippen LogP contribution in [0, 0.1) is 0 Å². The van der Waals surface area contributed by atoms with E-state index in [1.165, 1.54) is 18.7 Å². The zero-order valence-electron chi connectivity index (χ0n) is 12.0. The summed E-state index contributed by atoms with van der Waals surface area (Å²) in [4.78, 5) is 0. The van der Waals surface area contributed by atoms with Crippen LogP contribution < -0.4 is 4.74 Å². The van der Waals surface area contributed by atoms with E-state index in [0.29, 0.717) is 6.04 Å². The molecule has 2 aromatic carbocycles. The van der Waals surface area contributed by atoms with Gasteiger partial charge in [-0.1, -0.05) is 48.5 Å². The van der Waals surface area contributed by atoms with Crippen molar-refractivity contribution in [2.24, 2.45) is 0 Å². The monoisotopic (exact) mass is 268 g/mol. The first-order chi connectivity index (χ1) is 9.78. The Kier molecular flexibility index (Phi) is 3.75. The van der Waals surface area contributed by atoms with Crippen molar-refractivity contribution in [3.63, 3.8) is 0 Å². The summed E-state index contributed by atoms with van der Waals surface area (Å²) in [5, 5.41) is 0. The number of hydrogen-bond acceptors (Lipinski definition) is 1. The SMILES string of the molecule is CC(COc1ccccc1)[N+]1(Cc2ccccc2)CC1. The molecule has 0 radical (unpaired) electrons. The number of quaternary nitrogens is 1. The van der Waals surface area contributed by atoms with Gasteiger partial charge in [0.05, 0.1) is 0 Å². The molecule has 2 heteroatoms. The highest BCUT2D eigenvalue weighted by atomic mass is 16.5. The molecule has 1 aliphatic rings. The van der Waals surface area contributed by atoms with Gasteiger partial charge in [-0.25, -0.2) is 0 Å². The number of nitrogens with zero attached hydrogens (tertiary/aromatic N) is 1. The lowest BCUT2D eigenvalue weighted by atomic mass is 10.2. The van der Waals surface area contributed by atoms with Gasteiger partial charge in [-0.15, -0.1) is 0 Å². The molecule has 0 amide bonds. The van der Waals surface area contributed by atoms with Crippen LogP contribution in [-0.4, -0.2) is 30.2 Å². The van der Waals surface area contributed by atoms with Crippen LogP contribution >= 0.6 is 0 Å². The van der Waals surface area contributed by atoms with Crippen molar-refractivity contribution >= 4 is 0 Å². The first kappa shape index (κ1) is 13.2. The summed E-state index contributed by atoms with van der Waals surface area (Å²) in [6.07, 6.45) is 0. The van der Waals surface area contributed by atoms with Crippen LogP contribution in [-0.2, 0) is 6.54 Å². The van der Waals surface area contributed by atoms with Crippen LogP contribution in [0.3, 0.4) is 0 Å². The zero-order chi connectivity index (χ0) is 13.8. The molecule has 0 bridgehead atoms. The van der Waals surface area contributed by atoms with Gasteiger partial charge in [0.25, 0.3) is 0 Å². The van der Waals surface area contributed by atoms with E-state index in [2.05, 4.69) is 37.3 Å². The largest absolute Gasteiger partial charge is 0.487 e. The number of rotatable bonds is 6. The minimum atomic E-state index is 0.537. The van der Waals surface area contributed by atoms with E-state index in [4.69, 9.17) is 4.74 Å². The molecule has 1 saturated heterocycles. The fourth-order valence-corrected chi connectivity index (χ4v) is 2.72. The van der Waals surface area contributed by atoms with E-state index in [1.54, 1.807) is 0 Å². The molecule has 0 N–H and O–H groups in total. The number of hydrogen-bond donors (Lipinski definition) is 0. The highest BCUT2D eigenvalue weighted by Gasteiger charge is 2.47. The maximum absolute atomic E-state index is 5.92. The summed E-state index contributed by atoms with van der Waals surface area (Å²) in [5.74, 6) is 0.971. The lowest BCUT2D eigenvalue weighted by Gasteiger charge is -2.26. The smallest absolute Gasteiger partial charge is 0.140 e. The summed E-state index contributed by atoms with van der Waals surface area (Å²) in [7, 11) is 0. The second-order valence-electron chi connectivity index (χ2n) is 5.78. The second kappa shape index (κ2) is 5.68. The molecule has 3 rings (SSSR count). The van der Waals surface area contributed by atoms with Crippen molar-refractivity contribution < 1.29 is 9.22 Å². The van der Waals surface area contributed by atoms with E-state index >= 15 is 0 Å². The lowest BCUT2D eigenvalue weighted by molar-refractivity contribution is -0.839. The topological polar surface area (TPSA) is 9.23 Å². The predicted octanol–water partition coefficient (Wildman–Crippen LogP) is 3.48. The molecule has 2 aromatic rings. The maximum atomic E-state index is 5.92. The van der Waals surface area contributed by atoms with Crippen LogP contribution in [0.1, 0.15) is 12.5 Å². The minimum Gasteiger partial charge on any atom is -0.487 e. The minimum absolute atomic E-state index is 0.537. The van der Waals surface area contributed by atoms with E-state index in [0.717, 1.165) is 23.4 Å². The Morgan fingerprint density at radius 3 is 2.15 bits per heavy atom. The molecule has 1 atom stereocenters. The molecule has 2 nitrogen and oxygen atoms in total. The normalized spacial score (nSPS) is 17.4. The Labute approximate surface area is 121 Å². The summed E-state index contributed by atoms with van der Waals surface area (Å²) >= 11 is 0. The standard InChI is InChI=1S/C18H22NO/c1-16(15-20-18-10-6-3-7-11-18)19(12-13-19)14-17-8-4-2-5-9-17/h2-11,16H,12-15H2,1H3/q+1. The predicted molar refractivity (Wildman–Crippen MR) is 81.5 cm³/mol. The molecule has 0 aromatic heterocycles. The van der Waals surface area contributed by atoms with Crippen LogP contribution in [0.15, 0.2) is 60.7 Å². The quantitative estimate of drug-likeness (QED) is 0.575. The average Bonchev–Trinajstić information content (AvgIpc) is 3.28. The molecule has 1 heterocycles. The Hall–Kier alpha value is -1.80. The molecule has 0 aliphatic carbocycles. The van der Waals surface area contributed by atoms with Gasteiger partial charge in [0.15, 0.2) is 0 Å². The van der Waals surface area contributed by atoms with Gasteiger partial charge in [0.2, 0.25) is 0 Å². The van der Waals surface area contributed by atoms with Crippen LogP contribution in [0.5, 0.6) is 5.75 Å². The summed E-state index contributed by atoms with van der Waals surface area (Å²) < 4.78 is 7.08. The molecule has 20 heavy (non-hydrogen) atoms. The van der Waals surface area contributed by atoms with Crippen molar-refractivity contribution in [3.05, 3.63) is 66.2 Å². The third-order valence-electron chi connectivity index (χ3n) is 4.31. The number of benzene rings is 2. The summed E-state index contributed by atoms with van der Waals surface area (Å²) in [6.45, 7) is 6.76. The van der Waals surface area contributed by atoms with Crippen molar-refractivity contribution in [1.29, 1.82) is 0 Å². The van der Waals surface area contributed by atoms with Crippen molar-refractivity contribution in [1.82, 2.24) is 0 Å². The summed E-state index contributed by atoms with van der Waals surface area (Å²) in [5.41, 5.74) is 1.43. The first-order valence-electron chi connectivity index (χ1n) is 7.36. The fraction of sp³-hybridized carbons (Fsp3) is 0.333. The third-order valence-corrected chi connectivity index (χ3v) is 4.31. The van der Waals surface area contributed by atoms with E-state index in [-0.39, 0.29) is 0 Å². The van der Waals surface area contributed by atoms with Crippen molar-refractivity contribution in [2.45, 2.75) is 19.5 Å². The van der Waals surface area contributed by atoms with E-state index in [9.17, 15) is 0 Å². The molecular formula is C18H22NO+. The zero-order valence-corrected chi connectivity index (χ0v) is 12.0. The molecule has 1 unspecified atom stereocenters. The van der Waals surface area contributed by atoms with Crippen LogP contribution in [0.2, 0.25) is 0 Å². The van der Waals surface area contributed by atoms with E-state index < -0.39 is 0 Å². The van der Waals surface area contributed by atoms with Gasteiger partial charge in [-0.05, 0) is 19.1 Å². The second-order valence-corrected chi connectivity index (χ2v) is 5.78. The fourth-order valence-electron chi connectivity index (χ4n) is 2.72. The Morgan fingerprint density at radius 1 is 0.950 bits per heavy atom. The number of ether oxygens (including phenoxy) is 1. The maximum Gasteiger partial charge on any atom is 0.140 e. The van der Waals surface area contributed by atoms with Gasteiger partial charge in [-0.2, -0.15) is 0 Å². The molecule has 1 aliphatic heterocycles. The highest BCUT2D eigenvalue weighted by molar-refractivity contribution is 5.21. The molecule has 104 valence electrons. The Balaban J connectivity index is 1.58. The molecular weight excluding hydrogens is 246 g/mol. The molecule has 0 spiro atoms. The van der Waals surface area contributed by atoms with Gasteiger partial charge in [0.1, 0.15) is 38.0 Å². The van der Waals surface area contributed by atoms with Crippen molar-refractivity contribution in [2.75, 3.05) is 19.7 Å². The average molecular weight is 268 g/mol. The van der Waals surface area contributed by atoms with Crippen molar-refractivity contribution in [3.8, 4) is 5.75 Å². The van der Waals surface area contributed by atoms with Crippen LogP contribution in [0.25, 0.3) is 0 Å². The number of para-hydroxylation sites is 1. The third kappa shape index (κ3) is 3.02. The lowest BCUT2D eigenvalue weighted by Crippen LogP contribution is -2.39. The Bertz CT molecular complexity index is 534. The highest BCUT2D eigenvalue weighted by Crippen LogP contribution is 2.30. The van der Waals surface area contributed by atoms with Gasteiger partial charge in [-0.3, -0.25) is 0 Å². The molecule has 1 fully saturated rings. The molecule has 0 saturated carbocycles. The van der Waals surface area contributed by atoms with Gasteiger partial charge < -0.3 is 9.22 Å². The van der Waals surface area contributed by atoms with Gasteiger partial charge >= 0.3 is 0 Å². The van der Waals surface area contributed by atoms with E-state index in [1.807, 2.05) is 30.3 Å². The first-order valence-corrected chi connectivity index (χ1v) is 7.36. The van der Waals surface area contributed by atoms with Gasteiger partial charge in [0, 0.05) is 5.56 Å². The Morgan fingerprint density at radius 2 is 1.55 bits per heavy atom.